The highest BCUT2D eigenvalue weighted by molar-refractivity contribution is 9.10. The van der Waals surface area contributed by atoms with Crippen molar-refractivity contribution in [1.29, 1.82) is 0 Å². The molecule has 0 saturated heterocycles. The molecule has 9 aromatic rings. The standard InChI is InChI=1S/C29H30N2O3.C27H25NO5.C21H21NO4.C20H19BrN2O4/c1-4-18(2)29(33)34-17-19-9-11-21(12-10-19)30-25-13-14-26-28-23(16-27(32)31(26)3)22-8-6-5-7-20(22)15-24(25)28;1-4-17(3)33-23(29)15-32-22-14-13-21(28-18-11-9-16(2)10-12-18)24-25(22)27(31)20-8-6-5-7-19(20)26(24)30;1-3-13(2)21(25)26-12-11-22-17-10-6-9-16-18(17)20(24)15-8-5-4-7-14(15)19(16)23;1-3-10(2)20(26)27-9-23-14-8-13(21)17(22)16-15(14)18(24)11-6-4-5-7-12(11)19(16)25/h5-14,16,18,26,28,30H,4,15,17H2,1-3H3;5-14,17,28H,4,15H2,1-3H3;4-10,13,22H,3,11-12H2,1-2H3;4-8,10,23H,3,9,22H2,1-2H3. The van der Waals surface area contributed by atoms with Gasteiger partial charge in [0.1, 0.15) is 19.0 Å². The van der Waals surface area contributed by atoms with E-state index < -0.39 is 5.97 Å². The van der Waals surface area contributed by atoms with Gasteiger partial charge in [-0.2, -0.15) is 0 Å². The normalized spacial score (nSPS) is 15.7. The van der Waals surface area contributed by atoms with Crippen LogP contribution < -0.4 is 31.7 Å². The van der Waals surface area contributed by atoms with Crippen LogP contribution in [-0.4, -0.2) is 115 Å². The lowest BCUT2D eigenvalue weighted by atomic mass is 9.68. The highest BCUT2D eigenvalue weighted by Crippen LogP contribution is 2.48. The van der Waals surface area contributed by atoms with E-state index >= 15 is 0 Å². The van der Waals surface area contributed by atoms with Gasteiger partial charge in [-0.25, -0.2) is 4.79 Å². The topological polar surface area (TPSA) is 311 Å². The summed E-state index contributed by atoms with van der Waals surface area (Å²) in [5.41, 5.74) is 21.2. The number of likely N-dealkylation sites (N-methyl/N-ethyl adjacent to an activating group) is 1. The number of aryl methyl sites for hydroxylation is 1. The predicted molar refractivity (Wildman–Crippen MR) is 464 cm³/mol. The highest BCUT2D eigenvalue weighted by Gasteiger charge is 2.43. The molecule has 0 bridgehead atoms. The molecule has 9 aromatic carbocycles. The van der Waals surface area contributed by atoms with Crippen LogP contribution in [0.5, 0.6) is 5.75 Å². The maximum atomic E-state index is 13.5. The number of esters is 4. The Labute approximate surface area is 705 Å². The van der Waals surface area contributed by atoms with E-state index in [1.807, 2.05) is 121 Å². The molecule has 0 aromatic heterocycles. The lowest BCUT2D eigenvalue weighted by Gasteiger charge is -2.44. The Balaban J connectivity index is 0.000000148. The molecule has 22 nitrogen and oxygen atoms in total. The summed E-state index contributed by atoms with van der Waals surface area (Å²) in [6.07, 6.45) is 9.55. The van der Waals surface area contributed by atoms with Gasteiger partial charge in [0.2, 0.25) is 5.91 Å². The van der Waals surface area contributed by atoms with E-state index in [2.05, 4.69) is 67.5 Å². The molecule has 0 radical (unpaired) electrons. The number of nitrogens with two attached hydrogens (primary N) is 1. The molecule has 6 unspecified atom stereocenters. The summed E-state index contributed by atoms with van der Waals surface area (Å²) in [7, 11) is 1.88. The van der Waals surface area contributed by atoms with Crippen LogP contribution in [0, 0.1) is 30.6 Å². The lowest BCUT2D eigenvalue weighted by Crippen LogP contribution is -2.47. The first-order valence-corrected chi connectivity index (χ1v) is 41.0. The molecule has 0 spiro atoms. The van der Waals surface area contributed by atoms with Crippen molar-refractivity contribution in [3.63, 3.8) is 0 Å². The van der Waals surface area contributed by atoms with Crippen LogP contribution in [0.25, 0.3) is 5.57 Å². The molecule has 6 atom stereocenters. The fourth-order valence-corrected chi connectivity index (χ4v) is 15.0. The number of nitrogens with zero attached hydrogens (tertiary/aromatic N) is 1. The van der Waals surface area contributed by atoms with E-state index in [0.29, 0.717) is 85.4 Å². The van der Waals surface area contributed by atoms with Gasteiger partial charge < -0.3 is 55.6 Å². The molecule has 6 aliphatic rings. The van der Waals surface area contributed by atoms with Gasteiger partial charge in [0.05, 0.1) is 69.1 Å². The molecular weight excluding hydrogens is 1580 g/mol. The van der Waals surface area contributed by atoms with Gasteiger partial charge in [-0.3, -0.25) is 47.9 Å². The number of ketones is 6. The third-order valence-electron chi connectivity index (χ3n) is 22.2. The number of halogens is 1. The number of rotatable bonds is 24. The summed E-state index contributed by atoms with van der Waals surface area (Å²) in [6.45, 7) is 17.4. The fraction of sp³-hybridized carbons (Fsp3) is 0.268. The number of nitrogens with one attached hydrogen (secondary N) is 4. The Morgan fingerprint density at radius 3 is 1.62 bits per heavy atom. The molecule has 5 aliphatic carbocycles. The third kappa shape index (κ3) is 18.7. The Morgan fingerprint density at radius 2 is 1.02 bits per heavy atom. The van der Waals surface area contributed by atoms with E-state index in [1.54, 1.807) is 123 Å². The average molecular weight is 1680 g/mol. The SMILES string of the molecule is CCC(C)C(=O)OCCNc1cccc2c1C(=O)c1ccccc1C2=O.CCC(C)C(=O)OCNc1cc(Br)c(N)c2c1C(=O)c1ccccc1C2=O.CCC(C)C(=O)OCc1ccc(NC2=C3Cc4ccccc4C4=CC(=O)N(C)C(C=C2)C43)cc1.CCC(C)OC(=O)COc1ccc(Nc2ccc(C)cc2)c2c1C(=O)c1ccccc1C2=O. The van der Waals surface area contributed by atoms with Crippen LogP contribution >= 0.6 is 15.9 Å². The molecular formula is C97H95BrN6O16. The number of fused-ring (bicyclic) bond motifs is 8. The second-order valence-corrected chi connectivity index (χ2v) is 31.0. The maximum Gasteiger partial charge on any atom is 0.344 e. The summed E-state index contributed by atoms with van der Waals surface area (Å²) in [6, 6.07) is 54.4. The van der Waals surface area contributed by atoms with Crippen LogP contribution in [0.1, 0.15) is 199 Å². The molecule has 616 valence electrons. The molecule has 15 rings (SSSR count). The quantitative estimate of drug-likeness (QED) is 0.0123. The molecule has 1 aliphatic heterocycles. The largest absolute Gasteiger partial charge is 0.481 e. The fourth-order valence-electron chi connectivity index (χ4n) is 14.6. The van der Waals surface area contributed by atoms with Crippen molar-refractivity contribution in [3.05, 3.63) is 305 Å². The van der Waals surface area contributed by atoms with Crippen LogP contribution in [0.15, 0.2) is 216 Å². The van der Waals surface area contributed by atoms with E-state index in [-0.39, 0.29) is 155 Å². The zero-order valence-electron chi connectivity index (χ0n) is 68.5. The van der Waals surface area contributed by atoms with Gasteiger partial charge in [-0.05, 0) is 144 Å². The number of anilines is 6. The van der Waals surface area contributed by atoms with Crippen LogP contribution in [0.4, 0.5) is 34.1 Å². The van der Waals surface area contributed by atoms with Crippen LogP contribution in [0.2, 0.25) is 0 Å². The number of hydrogen-bond acceptors (Lipinski definition) is 21. The number of amides is 1. The summed E-state index contributed by atoms with van der Waals surface area (Å²) in [5, 5.41) is 12.9. The predicted octanol–water partition coefficient (Wildman–Crippen LogP) is 17.6. The summed E-state index contributed by atoms with van der Waals surface area (Å²) < 4.78 is 27.3. The number of nitrogen functional groups attached to an aromatic ring is 1. The number of hydrogen-bond donors (Lipinski definition) is 5. The Kier molecular flexibility index (Phi) is 27.7. The molecule has 1 amide bonds. The molecule has 23 heteroatoms. The first kappa shape index (κ1) is 86.2. The minimum absolute atomic E-state index is 0.0315. The number of carbonyl (C=O) groups excluding carboxylic acids is 11. The zero-order valence-corrected chi connectivity index (χ0v) is 70.1. The van der Waals surface area contributed by atoms with E-state index in [0.717, 1.165) is 53.0 Å². The van der Waals surface area contributed by atoms with Crippen molar-refractivity contribution in [2.75, 3.05) is 60.5 Å². The van der Waals surface area contributed by atoms with Gasteiger partial charge in [0.25, 0.3) is 0 Å². The van der Waals surface area contributed by atoms with Gasteiger partial charge in [-0.1, -0.05) is 194 Å². The van der Waals surface area contributed by atoms with E-state index in [4.69, 9.17) is 29.4 Å². The van der Waals surface area contributed by atoms with Gasteiger partial charge in [-0.15, -0.1) is 0 Å². The Bertz CT molecular complexity index is 5650. The Morgan fingerprint density at radius 1 is 0.517 bits per heavy atom. The second kappa shape index (κ2) is 38.5. The van der Waals surface area contributed by atoms with Crippen molar-refractivity contribution >= 4 is 120 Å². The monoisotopic (exact) mass is 1680 g/mol. The molecule has 0 fully saturated rings. The third-order valence-corrected chi connectivity index (χ3v) is 22.9. The van der Waals surface area contributed by atoms with Gasteiger partial charge >= 0.3 is 23.9 Å². The summed E-state index contributed by atoms with van der Waals surface area (Å²) >= 11 is 3.33. The molecule has 1 heterocycles. The molecule has 0 saturated carbocycles. The van der Waals surface area contributed by atoms with Crippen molar-refractivity contribution < 1.29 is 76.4 Å². The smallest absolute Gasteiger partial charge is 0.344 e. The minimum Gasteiger partial charge on any atom is -0.481 e. The highest BCUT2D eigenvalue weighted by atomic mass is 79.9. The van der Waals surface area contributed by atoms with Gasteiger partial charge in [0, 0.05) is 97.4 Å². The summed E-state index contributed by atoms with van der Waals surface area (Å²) in [4.78, 5) is 140. The van der Waals surface area contributed by atoms with Crippen LogP contribution in [-0.2, 0) is 55.9 Å². The number of benzene rings is 9. The zero-order chi connectivity index (χ0) is 85.8. The van der Waals surface area contributed by atoms with E-state index in [1.165, 1.54) is 16.7 Å². The number of carbonyl (C=O) groups is 11. The second-order valence-electron chi connectivity index (χ2n) is 30.1. The van der Waals surface area contributed by atoms with Gasteiger partial charge in [0.15, 0.2) is 48.0 Å². The number of ether oxygens (including phenoxy) is 5. The summed E-state index contributed by atoms with van der Waals surface area (Å²) in [5.74, 6) is -2.81. The van der Waals surface area contributed by atoms with E-state index in [9.17, 15) is 52.7 Å². The van der Waals surface area contributed by atoms with Crippen molar-refractivity contribution in [2.45, 2.75) is 113 Å². The van der Waals surface area contributed by atoms with Crippen molar-refractivity contribution in [3.8, 4) is 5.75 Å². The molecule has 120 heavy (non-hydrogen) atoms. The Hall–Kier alpha value is -13.2. The first-order valence-electron chi connectivity index (χ1n) is 40.2. The van der Waals surface area contributed by atoms with Crippen molar-refractivity contribution in [1.82, 2.24) is 4.90 Å². The maximum absolute atomic E-state index is 13.5. The average Bonchev–Trinajstić information content (AvgIpc) is 0.738. The molecule has 6 N–H and O–H groups in total. The number of allylic oxidation sites excluding steroid dienone is 1. The van der Waals surface area contributed by atoms with Crippen molar-refractivity contribution in [2.24, 2.45) is 23.7 Å². The lowest BCUT2D eigenvalue weighted by molar-refractivity contribution is -0.151. The van der Waals surface area contributed by atoms with Crippen LogP contribution in [0.3, 0.4) is 0 Å². The first-order chi connectivity index (χ1) is 57.7. The minimum atomic E-state index is -0.532.